The van der Waals surface area contributed by atoms with Crippen LogP contribution in [0.1, 0.15) is 59.3 Å². The zero-order chi connectivity index (χ0) is 22.3. The van der Waals surface area contributed by atoms with Gasteiger partial charge in [-0.2, -0.15) is 0 Å². The van der Waals surface area contributed by atoms with Crippen LogP contribution in [0.5, 0.6) is 5.75 Å². The Kier molecular flexibility index (Phi) is 5.53. The molecule has 2 aliphatic carbocycles. The van der Waals surface area contributed by atoms with Crippen molar-refractivity contribution in [3.8, 4) is 5.75 Å². The second-order valence-corrected chi connectivity index (χ2v) is 8.82. The van der Waals surface area contributed by atoms with Crippen molar-refractivity contribution in [1.82, 2.24) is 0 Å². The van der Waals surface area contributed by atoms with Crippen LogP contribution in [0.3, 0.4) is 0 Å². The molecule has 2 aromatic carbocycles. The van der Waals surface area contributed by atoms with E-state index >= 15 is 0 Å². The third kappa shape index (κ3) is 3.25. The van der Waals surface area contributed by atoms with Crippen LogP contribution in [-0.4, -0.2) is 48.5 Å². The molecule has 2 atom stereocenters. The lowest BCUT2D eigenvalue weighted by atomic mass is 9.62. The van der Waals surface area contributed by atoms with Gasteiger partial charge in [-0.25, -0.2) is 0 Å². The number of benzene rings is 2. The van der Waals surface area contributed by atoms with Gasteiger partial charge < -0.3 is 24.1 Å². The number of aliphatic hydroxyl groups is 2. The van der Waals surface area contributed by atoms with Gasteiger partial charge in [-0.05, 0) is 42.7 Å². The first-order valence-electron chi connectivity index (χ1n) is 11.2. The second-order valence-electron chi connectivity index (χ2n) is 8.82. The van der Waals surface area contributed by atoms with Crippen LogP contribution >= 0.6 is 0 Å². The Morgan fingerprint density at radius 3 is 2.66 bits per heavy atom. The standard InChI is InChI=1S/C26H28O6/c1-30-22(14-27)20(28)15-31-16-9-10-17-19(13-16)26(11-5-2-6-12-26)25-23(24(17)29)18-7-3-4-8-21(18)32-25/h3-4,7-10,13,20,22,27-28H,2,5-6,11-12,14-15H2,1H3/t20-,22-/m1/s1. The Morgan fingerprint density at radius 2 is 1.91 bits per heavy atom. The molecule has 3 aromatic rings. The highest BCUT2D eigenvalue weighted by atomic mass is 16.5. The van der Waals surface area contributed by atoms with E-state index in [0.29, 0.717) is 16.9 Å². The fourth-order valence-corrected chi connectivity index (χ4v) is 5.37. The van der Waals surface area contributed by atoms with Crippen LogP contribution in [0.4, 0.5) is 0 Å². The molecule has 32 heavy (non-hydrogen) atoms. The number of rotatable bonds is 6. The zero-order valence-corrected chi connectivity index (χ0v) is 18.2. The van der Waals surface area contributed by atoms with Gasteiger partial charge in [0.05, 0.1) is 17.6 Å². The van der Waals surface area contributed by atoms with Gasteiger partial charge in [-0.3, -0.25) is 4.79 Å². The minimum atomic E-state index is -0.965. The first-order valence-corrected chi connectivity index (χ1v) is 11.2. The summed E-state index contributed by atoms with van der Waals surface area (Å²) < 4.78 is 17.3. The lowest BCUT2D eigenvalue weighted by Crippen LogP contribution is -2.37. The van der Waals surface area contributed by atoms with E-state index in [2.05, 4.69) is 0 Å². The van der Waals surface area contributed by atoms with E-state index in [1.165, 1.54) is 13.5 Å². The molecular weight excluding hydrogens is 408 g/mol. The van der Waals surface area contributed by atoms with E-state index in [0.717, 1.165) is 48.0 Å². The average Bonchev–Trinajstić information content (AvgIpc) is 3.23. The third-order valence-corrected chi connectivity index (χ3v) is 7.05. The van der Waals surface area contributed by atoms with Crippen LogP contribution in [0, 0.1) is 0 Å². The molecule has 6 nitrogen and oxygen atoms in total. The SMILES string of the molecule is CO[C@H](CO)[C@H](O)COc1ccc2c(c1)C1(CCCCC1)c1oc3ccccc3c1C2=O. The number of furan rings is 1. The van der Waals surface area contributed by atoms with Crippen LogP contribution in [0.15, 0.2) is 46.9 Å². The topological polar surface area (TPSA) is 89.1 Å². The summed E-state index contributed by atoms with van der Waals surface area (Å²) in [5, 5.41) is 20.4. The number of methoxy groups -OCH3 is 1. The third-order valence-electron chi connectivity index (χ3n) is 7.05. The van der Waals surface area contributed by atoms with Gasteiger partial charge in [0.1, 0.15) is 35.9 Å². The summed E-state index contributed by atoms with van der Waals surface area (Å²) >= 11 is 0. The zero-order valence-electron chi connectivity index (χ0n) is 18.2. The van der Waals surface area contributed by atoms with Crippen molar-refractivity contribution in [2.75, 3.05) is 20.3 Å². The second kappa shape index (κ2) is 8.35. The van der Waals surface area contributed by atoms with E-state index in [1.54, 1.807) is 6.07 Å². The fourth-order valence-electron chi connectivity index (χ4n) is 5.37. The quantitative estimate of drug-likeness (QED) is 0.608. The molecule has 1 aromatic heterocycles. The van der Waals surface area contributed by atoms with Gasteiger partial charge in [0.15, 0.2) is 5.78 Å². The normalized spacial score (nSPS) is 18.9. The monoisotopic (exact) mass is 436 g/mol. The maximum atomic E-state index is 13.6. The van der Waals surface area contributed by atoms with Gasteiger partial charge in [0.2, 0.25) is 0 Å². The van der Waals surface area contributed by atoms with Crippen molar-refractivity contribution in [1.29, 1.82) is 0 Å². The highest BCUT2D eigenvalue weighted by molar-refractivity contribution is 6.19. The molecule has 1 heterocycles. The fraction of sp³-hybridized carbons (Fsp3) is 0.423. The molecule has 0 unspecified atom stereocenters. The Hall–Kier alpha value is -2.67. The summed E-state index contributed by atoms with van der Waals surface area (Å²) in [6, 6.07) is 13.3. The molecular formula is C26H28O6. The highest BCUT2D eigenvalue weighted by Gasteiger charge is 2.48. The molecule has 0 aliphatic heterocycles. The summed E-state index contributed by atoms with van der Waals surface area (Å²) in [5.74, 6) is 1.35. The van der Waals surface area contributed by atoms with Gasteiger partial charge in [0.25, 0.3) is 0 Å². The number of ketones is 1. The molecule has 1 saturated carbocycles. The van der Waals surface area contributed by atoms with Crippen LogP contribution in [-0.2, 0) is 10.2 Å². The molecule has 5 rings (SSSR count). The number of aliphatic hydroxyl groups excluding tert-OH is 2. The van der Waals surface area contributed by atoms with Crippen molar-refractivity contribution in [3.63, 3.8) is 0 Å². The first-order chi connectivity index (χ1) is 15.6. The molecule has 2 aliphatic rings. The Balaban J connectivity index is 1.57. The summed E-state index contributed by atoms with van der Waals surface area (Å²) in [7, 11) is 1.44. The Bertz CT molecular complexity index is 1140. The number of carbonyl (C=O) groups is 1. The van der Waals surface area contributed by atoms with Crippen LogP contribution in [0.25, 0.3) is 11.0 Å². The maximum absolute atomic E-state index is 13.6. The Labute approximate surface area is 186 Å². The molecule has 0 saturated heterocycles. The van der Waals surface area contributed by atoms with Crippen molar-refractivity contribution < 1.29 is 28.9 Å². The summed E-state index contributed by atoms with van der Waals surface area (Å²) in [6.45, 7) is -0.313. The maximum Gasteiger partial charge on any atom is 0.197 e. The van der Waals surface area contributed by atoms with Crippen LogP contribution in [0.2, 0.25) is 0 Å². The highest BCUT2D eigenvalue weighted by Crippen LogP contribution is 2.53. The summed E-state index contributed by atoms with van der Waals surface area (Å²) in [5.41, 5.74) is 2.74. The molecule has 168 valence electrons. The number of carbonyl (C=O) groups excluding carboxylic acids is 1. The largest absolute Gasteiger partial charge is 0.491 e. The Morgan fingerprint density at radius 1 is 1.12 bits per heavy atom. The van der Waals surface area contributed by atoms with Gasteiger partial charge in [-0.15, -0.1) is 0 Å². The number of hydrogen-bond acceptors (Lipinski definition) is 6. The molecule has 0 bridgehead atoms. The van der Waals surface area contributed by atoms with E-state index in [9.17, 15) is 15.0 Å². The van der Waals surface area contributed by atoms with Gasteiger partial charge >= 0.3 is 0 Å². The summed E-state index contributed by atoms with van der Waals surface area (Å²) in [6.07, 6.45) is 3.47. The van der Waals surface area contributed by atoms with E-state index < -0.39 is 12.2 Å². The van der Waals surface area contributed by atoms with E-state index in [1.807, 2.05) is 36.4 Å². The van der Waals surface area contributed by atoms with E-state index in [-0.39, 0.29) is 24.4 Å². The smallest absolute Gasteiger partial charge is 0.197 e. The molecule has 6 heteroatoms. The number of para-hydroxylation sites is 1. The van der Waals surface area contributed by atoms with Gasteiger partial charge in [-0.1, -0.05) is 37.5 Å². The minimum absolute atomic E-state index is 0.0116. The first kappa shape index (κ1) is 21.2. The summed E-state index contributed by atoms with van der Waals surface area (Å²) in [4.78, 5) is 13.6. The molecule has 1 spiro atoms. The molecule has 0 radical (unpaired) electrons. The van der Waals surface area contributed by atoms with Crippen molar-refractivity contribution in [2.45, 2.75) is 49.7 Å². The van der Waals surface area contributed by atoms with Crippen molar-refractivity contribution in [2.24, 2.45) is 0 Å². The number of hydrogen-bond donors (Lipinski definition) is 2. The lowest BCUT2D eigenvalue weighted by Gasteiger charge is -2.40. The average molecular weight is 437 g/mol. The molecule has 0 amide bonds. The predicted molar refractivity (Wildman–Crippen MR) is 119 cm³/mol. The van der Waals surface area contributed by atoms with Crippen molar-refractivity contribution in [3.05, 3.63) is 64.9 Å². The number of fused-ring (bicyclic) bond motifs is 6. The molecule has 1 fully saturated rings. The minimum Gasteiger partial charge on any atom is -0.491 e. The number of ether oxygens (including phenoxy) is 2. The lowest BCUT2D eigenvalue weighted by molar-refractivity contribution is -0.0567. The molecule has 2 N–H and O–H groups in total. The predicted octanol–water partition coefficient (Wildman–Crippen LogP) is 3.97. The van der Waals surface area contributed by atoms with E-state index in [4.69, 9.17) is 13.9 Å². The van der Waals surface area contributed by atoms with Crippen molar-refractivity contribution >= 4 is 16.8 Å². The van der Waals surface area contributed by atoms with Gasteiger partial charge in [0, 0.05) is 18.1 Å². The van der Waals surface area contributed by atoms with Crippen LogP contribution < -0.4 is 4.74 Å².